The first-order valence-corrected chi connectivity index (χ1v) is 9.11. The third kappa shape index (κ3) is 4.30. The average Bonchev–Trinajstić information content (AvgIpc) is 3.31. The summed E-state index contributed by atoms with van der Waals surface area (Å²) in [6.07, 6.45) is 1.50. The van der Waals surface area contributed by atoms with Crippen LogP contribution in [0.4, 0.5) is 0 Å². The summed E-state index contributed by atoms with van der Waals surface area (Å²) in [6, 6.07) is 9.77. The number of halogens is 1. The lowest BCUT2D eigenvalue weighted by molar-refractivity contribution is -0.122. The summed E-state index contributed by atoms with van der Waals surface area (Å²) in [7, 11) is 0. The molecule has 1 aromatic carbocycles. The third-order valence-electron chi connectivity index (χ3n) is 3.59. The maximum Gasteiger partial charge on any atom is 0.253 e. The van der Waals surface area contributed by atoms with E-state index in [0.29, 0.717) is 22.2 Å². The monoisotopic (exact) mass is 389 g/mol. The molecule has 0 bridgehead atoms. The Kier molecular flexibility index (Phi) is 5.70. The third-order valence-corrected chi connectivity index (χ3v) is 4.77. The van der Waals surface area contributed by atoms with Crippen LogP contribution in [0.5, 0.6) is 0 Å². The Labute approximate surface area is 159 Å². The van der Waals surface area contributed by atoms with Crippen LogP contribution in [0.25, 0.3) is 10.8 Å². The van der Waals surface area contributed by atoms with Crippen LogP contribution < -0.4 is 10.6 Å². The smallest absolute Gasteiger partial charge is 0.253 e. The van der Waals surface area contributed by atoms with Gasteiger partial charge in [0.2, 0.25) is 11.8 Å². The van der Waals surface area contributed by atoms with Gasteiger partial charge < -0.3 is 15.1 Å². The van der Waals surface area contributed by atoms with E-state index in [1.54, 1.807) is 31.2 Å². The van der Waals surface area contributed by atoms with Crippen LogP contribution in [-0.4, -0.2) is 22.8 Å². The van der Waals surface area contributed by atoms with Crippen LogP contribution in [0, 0.1) is 0 Å². The van der Waals surface area contributed by atoms with E-state index in [2.05, 4.69) is 15.6 Å². The van der Waals surface area contributed by atoms with Crippen LogP contribution in [0.1, 0.15) is 23.0 Å². The minimum atomic E-state index is -0.720. The van der Waals surface area contributed by atoms with Gasteiger partial charge >= 0.3 is 0 Å². The number of hydrogen-bond donors (Lipinski definition) is 2. The lowest BCUT2D eigenvalue weighted by atomic mass is 10.2. The average molecular weight is 390 g/mol. The molecule has 8 heteroatoms. The van der Waals surface area contributed by atoms with Gasteiger partial charge in [-0.1, -0.05) is 29.8 Å². The van der Waals surface area contributed by atoms with Gasteiger partial charge in [-0.2, -0.15) is 0 Å². The van der Waals surface area contributed by atoms with Crippen molar-refractivity contribution in [2.24, 2.45) is 0 Å². The van der Waals surface area contributed by atoms with Gasteiger partial charge in [0.1, 0.15) is 12.3 Å². The number of nitrogens with one attached hydrogen (secondary N) is 2. The van der Waals surface area contributed by atoms with E-state index >= 15 is 0 Å². The molecule has 0 spiro atoms. The van der Waals surface area contributed by atoms with Crippen LogP contribution in [0.15, 0.2) is 52.5 Å². The second-order valence-electron chi connectivity index (χ2n) is 5.51. The molecule has 1 atom stereocenters. The Morgan fingerprint density at radius 1 is 1.27 bits per heavy atom. The number of oxazole rings is 1. The van der Waals surface area contributed by atoms with Crippen molar-refractivity contribution >= 4 is 34.8 Å². The van der Waals surface area contributed by atoms with Gasteiger partial charge in [-0.15, -0.1) is 11.3 Å². The summed E-state index contributed by atoms with van der Waals surface area (Å²) in [5.41, 5.74) is 0.928. The molecule has 0 aliphatic carbocycles. The number of nitrogens with zero attached hydrogens (tertiary/aromatic N) is 1. The minimum absolute atomic E-state index is 0.208. The molecule has 0 fully saturated rings. The standard InChI is InChI=1S/C18H16ClN3O3S/c1-11(21-17(24)13-5-2-3-6-14(13)19)16(23)20-9-12-10-25-18(22-12)15-7-4-8-26-15/h2-8,10-11H,9H2,1H3,(H,20,23)(H,21,24)/t11-/m0/s1. The molecule has 0 saturated carbocycles. The number of carbonyl (C=O) groups excluding carboxylic acids is 2. The number of benzene rings is 1. The van der Waals surface area contributed by atoms with Gasteiger partial charge in [0.25, 0.3) is 5.91 Å². The summed E-state index contributed by atoms with van der Waals surface area (Å²) < 4.78 is 5.40. The Bertz CT molecular complexity index is 908. The van der Waals surface area contributed by atoms with Crippen LogP contribution in [-0.2, 0) is 11.3 Å². The Balaban J connectivity index is 1.53. The SMILES string of the molecule is C[C@H](NC(=O)c1ccccc1Cl)C(=O)NCc1coc(-c2cccs2)n1. The molecule has 3 aromatic rings. The molecule has 134 valence electrons. The van der Waals surface area contributed by atoms with E-state index in [0.717, 1.165) is 4.88 Å². The van der Waals surface area contributed by atoms with Gasteiger partial charge in [-0.25, -0.2) is 4.98 Å². The number of hydrogen-bond acceptors (Lipinski definition) is 5. The lowest BCUT2D eigenvalue weighted by Crippen LogP contribution is -2.44. The van der Waals surface area contributed by atoms with E-state index < -0.39 is 11.9 Å². The predicted octanol–water partition coefficient (Wildman–Crippen LogP) is 3.49. The summed E-state index contributed by atoms with van der Waals surface area (Å²) in [4.78, 5) is 29.6. The maximum atomic E-state index is 12.2. The Morgan fingerprint density at radius 2 is 2.08 bits per heavy atom. The molecule has 0 unspecified atom stereocenters. The van der Waals surface area contributed by atoms with Crippen LogP contribution >= 0.6 is 22.9 Å². The number of aromatic nitrogens is 1. The van der Waals surface area contributed by atoms with Crippen molar-refractivity contribution in [3.8, 4) is 10.8 Å². The molecule has 0 radical (unpaired) electrons. The highest BCUT2D eigenvalue weighted by molar-refractivity contribution is 7.13. The molecule has 0 aliphatic heterocycles. The fourth-order valence-electron chi connectivity index (χ4n) is 2.22. The molecule has 0 aliphatic rings. The molecular formula is C18H16ClN3O3S. The normalized spacial score (nSPS) is 11.8. The van der Waals surface area contributed by atoms with Crippen molar-refractivity contribution in [3.05, 3.63) is 64.3 Å². The van der Waals surface area contributed by atoms with E-state index in [4.69, 9.17) is 16.0 Å². The van der Waals surface area contributed by atoms with Gasteiger partial charge in [0, 0.05) is 0 Å². The second kappa shape index (κ2) is 8.16. The van der Waals surface area contributed by atoms with E-state index in [9.17, 15) is 9.59 Å². The first kappa shape index (κ1) is 18.2. The fraction of sp³-hybridized carbons (Fsp3) is 0.167. The molecule has 3 rings (SSSR count). The van der Waals surface area contributed by atoms with Gasteiger partial charge in [-0.05, 0) is 30.5 Å². The first-order valence-electron chi connectivity index (χ1n) is 7.86. The number of thiophene rings is 1. The number of rotatable bonds is 6. The zero-order valence-electron chi connectivity index (χ0n) is 13.9. The molecule has 0 saturated heterocycles. The molecule has 2 amide bonds. The quantitative estimate of drug-likeness (QED) is 0.675. The van der Waals surface area contributed by atoms with Crippen molar-refractivity contribution in [1.29, 1.82) is 0 Å². The second-order valence-corrected chi connectivity index (χ2v) is 6.87. The lowest BCUT2D eigenvalue weighted by Gasteiger charge is -2.14. The van der Waals surface area contributed by atoms with Crippen molar-refractivity contribution in [2.45, 2.75) is 19.5 Å². The van der Waals surface area contributed by atoms with Gasteiger partial charge in [0.15, 0.2) is 0 Å². The molecule has 2 N–H and O–H groups in total. The zero-order valence-corrected chi connectivity index (χ0v) is 15.4. The maximum absolute atomic E-state index is 12.2. The summed E-state index contributed by atoms with van der Waals surface area (Å²) in [5, 5.41) is 7.62. The highest BCUT2D eigenvalue weighted by Gasteiger charge is 2.18. The van der Waals surface area contributed by atoms with Crippen molar-refractivity contribution in [1.82, 2.24) is 15.6 Å². The largest absolute Gasteiger partial charge is 0.443 e. The molecule has 2 heterocycles. The minimum Gasteiger partial charge on any atom is -0.443 e. The Morgan fingerprint density at radius 3 is 2.81 bits per heavy atom. The van der Waals surface area contributed by atoms with Crippen molar-refractivity contribution in [2.75, 3.05) is 0 Å². The zero-order chi connectivity index (χ0) is 18.5. The van der Waals surface area contributed by atoms with E-state index in [1.165, 1.54) is 17.6 Å². The summed E-state index contributed by atoms with van der Waals surface area (Å²) in [6.45, 7) is 1.81. The molecule has 2 aromatic heterocycles. The molecule has 26 heavy (non-hydrogen) atoms. The van der Waals surface area contributed by atoms with E-state index in [1.807, 2.05) is 17.5 Å². The van der Waals surface area contributed by atoms with Crippen LogP contribution in [0.2, 0.25) is 5.02 Å². The fourth-order valence-corrected chi connectivity index (χ4v) is 3.09. The number of amides is 2. The van der Waals surface area contributed by atoms with Crippen molar-refractivity contribution in [3.63, 3.8) is 0 Å². The molecular weight excluding hydrogens is 374 g/mol. The van der Waals surface area contributed by atoms with Gasteiger partial charge in [-0.3, -0.25) is 9.59 Å². The highest BCUT2D eigenvalue weighted by Crippen LogP contribution is 2.23. The summed E-state index contributed by atoms with van der Waals surface area (Å²) >= 11 is 7.51. The Hall–Kier alpha value is -2.64. The first-order chi connectivity index (χ1) is 12.5. The van der Waals surface area contributed by atoms with Crippen LogP contribution in [0.3, 0.4) is 0 Å². The predicted molar refractivity (Wildman–Crippen MR) is 100 cm³/mol. The highest BCUT2D eigenvalue weighted by atomic mass is 35.5. The van der Waals surface area contributed by atoms with E-state index in [-0.39, 0.29) is 12.5 Å². The van der Waals surface area contributed by atoms with Gasteiger partial charge in [0.05, 0.1) is 27.7 Å². The number of carbonyl (C=O) groups is 2. The van der Waals surface area contributed by atoms with Crippen molar-refractivity contribution < 1.29 is 14.0 Å². The molecule has 6 nitrogen and oxygen atoms in total. The summed E-state index contributed by atoms with van der Waals surface area (Å²) in [5.74, 6) is -0.213. The topological polar surface area (TPSA) is 84.2 Å².